The molecule has 1 aromatic heterocycles. The molecule has 0 bridgehead atoms. The van der Waals surface area contributed by atoms with Crippen LogP contribution in [0, 0.1) is 0 Å². The van der Waals surface area contributed by atoms with E-state index in [1.54, 1.807) is 25.0 Å². The largest absolute Gasteiger partial charge is 0.357 e. The van der Waals surface area contributed by atoms with Crippen LogP contribution >= 0.6 is 39.3 Å². The van der Waals surface area contributed by atoms with Crippen LogP contribution in [0.1, 0.15) is 5.56 Å². The number of rotatable bonds is 4. The van der Waals surface area contributed by atoms with Crippen LogP contribution in [-0.4, -0.2) is 17.0 Å². The smallest absolute Gasteiger partial charge is 0.223 e. The average molecular weight is 345 g/mol. The van der Waals surface area contributed by atoms with Gasteiger partial charge >= 0.3 is 0 Å². The monoisotopic (exact) mass is 343 g/mol. The molecule has 2 aromatic rings. The summed E-state index contributed by atoms with van der Waals surface area (Å²) in [7, 11) is 1.80. The summed E-state index contributed by atoms with van der Waals surface area (Å²) in [5.74, 6) is 1.39. The lowest BCUT2D eigenvalue weighted by Crippen LogP contribution is -1.97. The minimum Gasteiger partial charge on any atom is -0.357 e. The minimum absolute atomic E-state index is 0.611. The van der Waals surface area contributed by atoms with Gasteiger partial charge in [0.2, 0.25) is 5.95 Å². The molecule has 6 heteroatoms. The Bertz CT molecular complexity index is 551. The SMILES string of the molecule is CNc1ncc(Br)c(SCc2ccccc2Cl)n1. The van der Waals surface area contributed by atoms with E-state index in [0.717, 1.165) is 25.8 Å². The Labute approximate surface area is 124 Å². The lowest BCUT2D eigenvalue weighted by molar-refractivity contribution is 1.02. The fourth-order valence-electron chi connectivity index (χ4n) is 1.33. The number of nitrogens with zero attached hydrogens (tertiary/aromatic N) is 2. The van der Waals surface area contributed by atoms with E-state index < -0.39 is 0 Å². The maximum atomic E-state index is 6.12. The second kappa shape index (κ2) is 6.41. The van der Waals surface area contributed by atoms with E-state index in [1.165, 1.54) is 0 Å². The summed E-state index contributed by atoms with van der Waals surface area (Å²) in [4.78, 5) is 8.51. The van der Waals surface area contributed by atoms with Crippen molar-refractivity contribution in [3.05, 3.63) is 45.5 Å². The Kier molecular flexibility index (Phi) is 4.86. The lowest BCUT2D eigenvalue weighted by atomic mass is 10.2. The van der Waals surface area contributed by atoms with Crippen LogP contribution in [0.4, 0.5) is 5.95 Å². The number of nitrogens with one attached hydrogen (secondary N) is 1. The van der Waals surface area contributed by atoms with Gasteiger partial charge in [0.15, 0.2) is 0 Å². The van der Waals surface area contributed by atoms with E-state index in [-0.39, 0.29) is 0 Å². The standard InChI is InChI=1S/C12H11BrClN3S/c1-15-12-16-6-9(13)11(17-12)18-7-8-4-2-3-5-10(8)14/h2-6H,7H2,1H3,(H,15,16,17). The fraction of sp³-hybridized carbons (Fsp3) is 0.167. The van der Waals surface area contributed by atoms with Crippen LogP contribution < -0.4 is 5.32 Å². The summed E-state index contributed by atoms with van der Waals surface area (Å²) in [5, 5.41) is 4.60. The Morgan fingerprint density at radius 3 is 2.89 bits per heavy atom. The van der Waals surface area contributed by atoms with Crippen molar-refractivity contribution < 1.29 is 0 Å². The topological polar surface area (TPSA) is 37.8 Å². The molecule has 0 radical (unpaired) electrons. The molecule has 0 atom stereocenters. The molecule has 18 heavy (non-hydrogen) atoms. The number of benzene rings is 1. The highest BCUT2D eigenvalue weighted by Crippen LogP contribution is 2.30. The maximum absolute atomic E-state index is 6.12. The summed E-state index contributed by atoms with van der Waals surface area (Å²) < 4.78 is 0.888. The molecular formula is C12H11BrClN3S. The fourth-order valence-corrected chi connectivity index (χ4v) is 3.04. The van der Waals surface area contributed by atoms with Gasteiger partial charge in [-0.3, -0.25) is 0 Å². The van der Waals surface area contributed by atoms with Crippen molar-refractivity contribution in [1.29, 1.82) is 0 Å². The molecule has 1 N–H and O–H groups in total. The van der Waals surface area contributed by atoms with Crippen LogP contribution in [0.2, 0.25) is 5.02 Å². The third-order valence-corrected chi connectivity index (χ3v) is 4.51. The number of hydrogen-bond donors (Lipinski definition) is 1. The zero-order chi connectivity index (χ0) is 13.0. The maximum Gasteiger partial charge on any atom is 0.223 e. The molecule has 0 aliphatic heterocycles. The molecule has 0 aliphatic rings. The zero-order valence-electron chi connectivity index (χ0n) is 9.65. The number of aromatic nitrogens is 2. The third-order valence-electron chi connectivity index (χ3n) is 2.26. The first-order valence-corrected chi connectivity index (χ1v) is 7.43. The van der Waals surface area contributed by atoms with E-state index in [9.17, 15) is 0 Å². The highest BCUT2D eigenvalue weighted by atomic mass is 79.9. The molecular weight excluding hydrogens is 334 g/mol. The van der Waals surface area contributed by atoms with Crippen molar-refractivity contribution in [3.63, 3.8) is 0 Å². The predicted octanol–water partition coefficient (Wildman–Crippen LogP) is 4.23. The molecule has 0 aliphatic carbocycles. The predicted molar refractivity (Wildman–Crippen MR) is 80.3 cm³/mol. The molecule has 0 amide bonds. The van der Waals surface area contributed by atoms with E-state index in [0.29, 0.717) is 5.95 Å². The van der Waals surface area contributed by atoms with Crippen molar-refractivity contribution in [1.82, 2.24) is 9.97 Å². The molecule has 94 valence electrons. The Hall–Kier alpha value is -0.780. The van der Waals surface area contributed by atoms with Gasteiger partial charge in [-0.15, -0.1) is 11.8 Å². The van der Waals surface area contributed by atoms with Crippen molar-refractivity contribution in [2.75, 3.05) is 12.4 Å². The summed E-state index contributed by atoms with van der Waals surface area (Å²) >= 11 is 11.2. The van der Waals surface area contributed by atoms with Gasteiger partial charge in [-0.2, -0.15) is 0 Å². The van der Waals surface area contributed by atoms with Gasteiger partial charge in [0.25, 0.3) is 0 Å². The Morgan fingerprint density at radius 1 is 1.39 bits per heavy atom. The van der Waals surface area contributed by atoms with Gasteiger partial charge in [-0.05, 0) is 27.6 Å². The summed E-state index contributed by atoms with van der Waals surface area (Å²) in [6.45, 7) is 0. The van der Waals surface area contributed by atoms with Gasteiger partial charge in [-0.25, -0.2) is 9.97 Å². The first-order chi connectivity index (χ1) is 8.70. The highest BCUT2D eigenvalue weighted by molar-refractivity contribution is 9.10. The van der Waals surface area contributed by atoms with Crippen LogP contribution in [0.15, 0.2) is 40.0 Å². The molecule has 3 nitrogen and oxygen atoms in total. The number of anilines is 1. The van der Waals surface area contributed by atoms with E-state index in [4.69, 9.17) is 11.6 Å². The molecule has 1 heterocycles. The van der Waals surface area contributed by atoms with Crippen molar-refractivity contribution in [2.45, 2.75) is 10.8 Å². The quantitative estimate of drug-likeness (QED) is 0.665. The molecule has 0 spiro atoms. The number of hydrogen-bond acceptors (Lipinski definition) is 4. The summed E-state index contributed by atoms with van der Waals surface area (Å²) in [6.07, 6.45) is 1.74. The Morgan fingerprint density at radius 2 is 2.17 bits per heavy atom. The van der Waals surface area contributed by atoms with E-state index >= 15 is 0 Å². The van der Waals surface area contributed by atoms with Gasteiger partial charge in [0.05, 0.1) is 4.47 Å². The summed E-state index contributed by atoms with van der Waals surface area (Å²) in [6, 6.07) is 7.82. The molecule has 0 saturated heterocycles. The normalized spacial score (nSPS) is 10.4. The number of thioether (sulfide) groups is 1. The highest BCUT2D eigenvalue weighted by Gasteiger charge is 2.07. The molecule has 0 fully saturated rings. The van der Waals surface area contributed by atoms with Gasteiger partial charge in [0, 0.05) is 24.0 Å². The Balaban J connectivity index is 2.13. The lowest BCUT2D eigenvalue weighted by Gasteiger charge is -2.06. The average Bonchev–Trinajstić information content (AvgIpc) is 2.39. The van der Waals surface area contributed by atoms with Crippen molar-refractivity contribution >= 4 is 45.2 Å². The second-order valence-electron chi connectivity index (χ2n) is 3.48. The van der Waals surface area contributed by atoms with Gasteiger partial charge in [0.1, 0.15) is 5.03 Å². The van der Waals surface area contributed by atoms with Crippen molar-refractivity contribution in [2.24, 2.45) is 0 Å². The molecule has 0 unspecified atom stereocenters. The zero-order valence-corrected chi connectivity index (χ0v) is 12.8. The van der Waals surface area contributed by atoms with Crippen LogP contribution in [0.3, 0.4) is 0 Å². The minimum atomic E-state index is 0.611. The number of halogens is 2. The van der Waals surface area contributed by atoms with Crippen LogP contribution in [0.25, 0.3) is 0 Å². The molecule has 0 saturated carbocycles. The first-order valence-electron chi connectivity index (χ1n) is 5.27. The van der Waals surface area contributed by atoms with Crippen LogP contribution in [-0.2, 0) is 5.75 Å². The van der Waals surface area contributed by atoms with Gasteiger partial charge < -0.3 is 5.32 Å². The van der Waals surface area contributed by atoms with E-state index in [1.807, 2.05) is 24.3 Å². The van der Waals surface area contributed by atoms with Crippen LogP contribution in [0.5, 0.6) is 0 Å². The molecule has 1 aromatic carbocycles. The van der Waals surface area contributed by atoms with E-state index in [2.05, 4.69) is 31.2 Å². The molecule has 2 rings (SSSR count). The second-order valence-corrected chi connectivity index (χ2v) is 5.70. The van der Waals surface area contributed by atoms with Gasteiger partial charge in [-0.1, -0.05) is 29.8 Å². The third kappa shape index (κ3) is 3.37. The summed E-state index contributed by atoms with van der Waals surface area (Å²) in [5.41, 5.74) is 1.10. The van der Waals surface area contributed by atoms with Crippen molar-refractivity contribution in [3.8, 4) is 0 Å². The first kappa shape index (κ1) is 13.6.